The summed E-state index contributed by atoms with van der Waals surface area (Å²) in [5.74, 6) is 3.48. The van der Waals surface area contributed by atoms with E-state index < -0.39 is 0 Å². The largest absolute Gasteiger partial charge is 0.374 e. The zero-order valence-corrected chi connectivity index (χ0v) is 23.3. The van der Waals surface area contributed by atoms with Crippen molar-refractivity contribution in [2.24, 2.45) is 4.99 Å². The third-order valence-electron chi connectivity index (χ3n) is 7.85. The molecule has 1 aliphatic rings. The summed E-state index contributed by atoms with van der Waals surface area (Å²) in [5, 5.41) is 15.7. The molecule has 7 rings (SSSR count). The summed E-state index contributed by atoms with van der Waals surface area (Å²) in [6, 6.07) is 41.2. The van der Waals surface area contributed by atoms with Crippen LogP contribution in [0.5, 0.6) is 0 Å². The van der Waals surface area contributed by atoms with Crippen LogP contribution in [0.1, 0.15) is 29.5 Å². The Morgan fingerprint density at radius 1 is 0.707 bits per heavy atom. The van der Waals surface area contributed by atoms with E-state index in [0.29, 0.717) is 11.6 Å². The number of hydrogen-bond donors (Lipinski definition) is 1. The molecule has 0 amide bonds. The fraction of sp³-hybridized carbons (Fsp3) is 0.105. The maximum Gasteiger partial charge on any atom is 0.153 e. The van der Waals surface area contributed by atoms with Gasteiger partial charge in [0.2, 0.25) is 0 Å². The van der Waals surface area contributed by atoms with Gasteiger partial charge < -0.3 is 4.90 Å². The summed E-state index contributed by atoms with van der Waals surface area (Å²) in [6.07, 6.45) is 5.68. The SMILES string of the molecule is C#CC(=NC(=N)c1ccc2c3ccccc3c3ccccc3c2c1)c1ccccc1.CC1CN(C)c2ccccc21. The van der Waals surface area contributed by atoms with E-state index in [4.69, 9.17) is 11.8 Å². The summed E-state index contributed by atoms with van der Waals surface area (Å²) in [6.45, 7) is 3.45. The minimum absolute atomic E-state index is 0.158. The number of anilines is 1. The summed E-state index contributed by atoms with van der Waals surface area (Å²) in [4.78, 5) is 6.77. The van der Waals surface area contributed by atoms with Crippen LogP contribution >= 0.6 is 0 Å². The molecule has 0 fully saturated rings. The van der Waals surface area contributed by atoms with Crippen LogP contribution in [0.15, 0.2) is 126 Å². The lowest BCUT2D eigenvalue weighted by molar-refractivity contribution is 0.796. The molecule has 0 saturated carbocycles. The van der Waals surface area contributed by atoms with E-state index in [9.17, 15) is 0 Å². The van der Waals surface area contributed by atoms with Gasteiger partial charge in [-0.05, 0) is 55.9 Å². The van der Waals surface area contributed by atoms with Gasteiger partial charge in [0.05, 0.1) is 0 Å². The van der Waals surface area contributed by atoms with Crippen molar-refractivity contribution >= 4 is 49.6 Å². The van der Waals surface area contributed by atoms with Crippen LogP contribution in [-0.4, -0.2) is 25.1 Å². The predicted molar refractivity (Wildman–Crippen MR) is 176 cm³/mol. The van der Waals surface area contributed by atoms with E-state index in [1.54, 1.807) is 0 Å². The Morgan fingerprint density at radius 2 is 1.24 bits per heavy atom. The second-order valence-corrected chi connectivity index (χ2v) is 10.5. The molecule has 0 aromatic heterocycles. The van der Waals surface area contributed by atoms with E-state index in [0.717, 1.165) is 16.5 Å². The smallest absolute Gasteiger partial charge is 0.153 e. The minimum atomic E-state index is 0.158. The van der Waals surface area contributed by atoms with E-state index in [2.05, 4.69) is 115 Å². The highest BCUT2D eigenvalue weighted by Crippen LogP contribution is 2.36. The van der Waals surface area contributed by atoms with Crippen molar-refractivity contribution in [1.82, 2.24) is 0 Å². The first-order valence-electron chi connectivity index (χ1n) is 13.9. The maximum absolute atomic E-state index is 8.58. The van der Waals surface area contributed by atoms with Crippen LogP contribution in [0.25, 0.3) is 32.3 Å². The number of likely N-dealkylation sites (N-methyl/N-ethyl adjacent to an activating group) is 1. The van der Waals surface area contributed by atoms with Gasteiger partial charge >= 0.3 is 0 Å². The monoisotopic (exact) mass is 529 g/mol. The minimum Gasteiger partial charge on any atom is -0.374 e. The lowest BCUT2D eigenvalue weighted by Crippen LogP contribution is -2.13. The molecule has 198 valence electrons. The van der Waals surface area contributed by atoms with Gasteiger partial charge in [-0.3, -0.25) is 5.41 Å². The number of benzene rings is 6. The Kier molecular flexibility index (Phi) is 7.06. The van der Waals surface area contributed by atoms with Crippen LogP contribution < -0.4 is 4.90 Å². The molecule has 6 aromatic carbocycles. The molecule has 3 heteroatoms. The normalized spacial score (nSPS) is 14.4. The van der Waals surface area contributed by atoms with Gasteiger partial charge in [-0.15, -0.1) is 6.42 Å². The van der Waals surface area contributed by atoms with E-state index >= 15 is 0 Å². The number of hydrogen-bond acceptors (Lipinski definition) is 2. The molecule has 1 heterocycles. The molecule has 0 bridgehead atoms. The molecule has 0 saturated heterocycles. The van der Waals surface area contributed by atoms with Crippen LogP contribution in [-0.2, 0) is 0 Å². The quantitative estimate of drug-likeness (QED) is 0.103. The molecule has 0 aliphatic carbocycles. The second kappa shape index (κ2) is 11.1. The van der Waals surface area contributed by atoms with Gasteiger partial charge in [-0.1, -0.05) is 116 Å². The number of fused-ring (bicyclic) bond motifs is 7. The molecule has 1 N–H and O–H groups in total. The maximum atomic E-state index is 8.58. The first-order valence-corrected chi connectivity index (χ1v) is 13.9. The number of nitrogens with zero attached hydrogens (tertiary/aromatic N) is 2. The van der Waals surface area contributed by atoms with Crippen molar-refractivity contribution in [3.8, 4) is 12.3 Å². The van der Waals surface area contributed by atoms with Crippen LogP contribution in [0.3, 0.4) is 0 Å². The zero-order valence-electron chi connectivity index (χ0n) is 23.3. The van der Waals surface area contributed by atoms with Crippen LogP contribution in [0, 0.1) is 17.8 Å². The third kappa shape index (κ3) is 4.97. The van der Waals surface area contributed by atoms with Crippen molar-refractivity contribution in [2.75, 3.05) is 18.5 Å². The number of para-hydroxylation sites is 1. The van der Waals surface area contributed by atoms with Gasteiger partial charge in [0.1, 0.15) is 5.71 Å². The van der Waals surface area contributed by atoms with Gasteiger partial charge in [0.25, 0.3) is 0 Å². The van der Waals surface area contributed by atoms with Crippen LogP contribution in [0.2, 0.25) is 0 Å². The number of terminal acetylenes is 1. The standard InChI is InChI=1S/C28H18N2.C10H13N/c1-2-27(19-10-4-3-5-11-19)30-28(29)20-16-17-25-23-14-7-6-12-21(23)22-13-8-9-15-24(22)26(25)18-20;1-8-7-11(2)10-6-4-3-5-9(8)10/h1,3-18,29H;3-6,8H,7H2,1-2H3. The first kappa shape index (κ1) is 26.0. The molecule has 0 radical (unpaired) electrons. The van der Waals surface area contributed by atoms with E-state index in [-0.39, 0.29) is 5.84 Å². The molecule has 1 atom stereocenters. The molecule has 0 spiro atoms. The Hall–Kier alpha value is -5.20. The van der Waals surface area contributed by atoms with Crippen molar-refractivity contribution in [1.29, 1.82) is 5.41 Å². The Labute approximate surface area is 241 Å². The number of nitrogens with one attached hydrogen (secondary N) is 1. The second-order valence-electron chi connectivity index (χ2n) is 10.5. The summed E-state index contributed by atoms with van der Waals surface area (Å²) >= 11 is 0. The van der Waals surface area contributed by atoms with Crippen molar-refractivity contribution in [3.05, 3.63) is 138 Å². The molecular weight excluding hydrogens is 498 g/mol. The summed E-state index contributed by atoms with van der Waals surface area (Å²) in [5.41, 5.74) is 4.94. The van der Waals surface area contributed by atoms with Gasteiger partial charge in [-0.2, -0.15) is 0 Å². The molecule has 6 aromatic rings. The van der Waals surface area contributed by atoms with Crippen molar-refractivity contribution in [2.45, 2.75) is 12.8 Å². The summed E-state index contributed by atoms with van der Waals surface area (Å²) in [7, 11) is 2.16. The number of aliphatic imine (C=N–C) groups is 1. The lowest BCUT2D eigenvalue weighted by Gasteiger charge is -2.11. The number of rotatable bonds is 2. The molecule has 3 nitrogen and oxygen atoms in total. The Balaban J connectivity index is 0.000000229. The summed E-state index contributed by atoms with van der Waals surface area (Å²) < 4.78 is 0. The Morgan fingerprint density at radius 3 is 1.85 bits per heavy atom. The zero-order chi connectivity index (χ0) is 28.3. The fourth-order valence-corrected chi connectivity index (χ4v) is 5.87. The average Bonchev–Trinajstić information content (AvgIpc) is 3.33. The topological polar surface area (TPSA) is 39.5 Å². The highest BCUT2D eigenvalue weighted by Gasteiger charge is 2.21. The van der Waals surface area contributed by atoms with Gasteiger partial charge in [0, 0.05) is 36.3 Å². The molecule has 1 aliphatic heterocycles. The van der Waals surface area contributed by atoms with Crippen LogP contribution in [0.4, 0.5) is 5.69 Å². The Bertz CT molecular complexity index is 1920. The first-order chi connectivity index (χ1) is 20.0. The predicted octanol–water partition coefficient (Wildman–Crippen LogP) is 8.83. The molecular formula is C38H31N3. The van der Waals surface area contributed by atoms with E-state index in [1.165, 1.54) is 44.7 Å². The van der Waals surface area contributed by atoms with Gasteiger partial charge in [-0.25, -0.2) is 4.99 Å². The fourth-order valence-electron chi connectivity index (χ4n) is 5.87. The number of amidine groups is 1. The third-order valence-corrected chi connectivity index (χ3v) is 7.85. The van der Waals surface area contributed by atoms with Crippen molar-refractivity contribution < 1.29 is 0 Å². The average molecular weight is 530 g/mol. The molecule has 1 unspecified atom stereocenters. The lowest BCUT2D eigenvalue weighted by atomic mass is 9.93. The van der Waals surface area contributed by atoms with Crippen molar-refractivity contribution in [3.63, 3.8) is 0 Å². The molecule has 41 heavy (non-hydrogen) atoms. The van der Waals surface area contributed by atoms with Gasteiger partial charge in [0.15, 0.2) is 5.84 Å². The van der Waals surface area contributed by atoms with E-state index in [1.807, 2.05) is 36.4 Å². The highest BCUT2D eigenvalue weighted by molar-refractivity contribution is 6.26. The highest BCUT2D eigenvalue weighted by atomic mass is 15.1.